The SMILES string of the molecule is CN1CCCC(N(C)CC2(C(=O)O)CCOC2)C1. The molecular formula is C13H24N2O3. The summed E-state index contributed by atoms with van der Waals surface area (Å²) in [5.41, 5.74) is -0.690. The summed E-state index contributed by atoms with van der Waals surface area (Å²) in [5.74, 6) is -0.712. The lowest BCUT2D eigenvalue weighted by molar-refractivity contribution is -0.150. The molecule has 18 heavy (non-hydrogen) atoms. The summed E-state index contributed by atoms with van der Waals surface area (Å²) < 4.78 is 5.31. The van der Waals surface area contributed by atoms with Crippen molar-refractivity contribution in [2.75, 3.05) is 46.9 Å². The summed E-state index contributed by atoms with van der Waals surface area (Å²) in [6.07, 6.45) is 2.99. The molecule has 2 unspecified atom stereocenters. The molecule has 0 aromatic heterocycles. The van der Waals surface area contributed by atoms with Crippen LogP contribution in [0.2, 0.25) is 0 Å². The number of likely N-dealkylation sites (N-methyl/N-ethyl adjacent to an activating group) is 2. The normalized spacial score (nSPS) is 34.1. The summed E-state index contributed by atoms with van der Waals surface area (Å²) in [4.78, 5) is 16.0. The highest BCUT2D eigenvalue weighted by molar-refractivity contribution is 5.75. The van der Waals surface area contributed by atoms with Crippen LogP contribution in [0.15, 0.2) is 0 Å². The lowest BCUT2D eigenvalue weighted by Crippen LogP contribution is -2.50. The molecule has 5 nitrogen and oxygen atoms in total. The molecular weight excluding hydrogens is 232 g/mol. The van der Waals surface area contributed by atoms with E-state index < -0.39 is 11.4 Å². The van der Waals surface area contributed by atoms with Crippen LogP contribution in [0.4, 0.5) is 0 Å². The van der Waals surface area contributed by atoms with Gasteiger partial charge in [0, 0.05) is 25.7 Å². The molecule has 0 amide bonds. The largest absolute Gasteiger partial charge is 0.481 e. The van der Waals surface area contributed by atoms with E-state index in [0.717, 1.165) is 19.5 Å². The van der Waals surface area contributed by atoms with Crippen LogP contribution in [-0.4, -0.2) is 73.9 Å². The van der Waals surface area contributed by atoms with Gasteiger partial charge >= 0.3 is 5.97 Å². The summed E-state index contributed by atoms with van der Waals surface area (Å²) in [7, 11) is 4.18. The van der Waals surface area contributed by atoms with Gasteiger partial charge in [0.1, 0.15) is 5.41 Å². The molecule has 5 heteroatoms. The Labute approximate surface area is 109 Å². The van der Waals surface area contributed by atoms with Gasteiger partial charge < -0.3 is 19.6 Å². The molecule has 0 aromatic rings. The zero-order valence-corrected chi connectivity index (χ0v) is 11.4. The highest BCUT2D eigenvalue weighted by Gasteiger charge is 2.44. The van der Waals surface area contributed by atoms with E-state index in [0.29, 0.717) is 32.2 Å². The molecule has 0 aliphatic carbocycles. The molecule has 2 atom stereocenters. The van der Waals surface area contributed by atoms with Crippen LogP contribution in [0, 0.1) is 5.41 Å². The molecule has 2 saturated heterocycles. The molecule has 1 N–H and O–H groups in total. The van der Waals surface area contributed by atoms with Gasteiger partial charge in [0.25, 0.3) is 0 Å². The van der Waals surface area contributed by atoms with Crippen molar-refractivity contribution in [2.45, 2.75) is 25.3 Å². The molecule has 2 aliphatic heterocycles. The fraction of sp³-hybridized carbons (Fsp3) is 0.923. The summed E-state index contributed by atoms with van der Waals surface area (Å²) in [5, 5.41) is 9.45. The third-order valence-electron chi connectivity index (χ3n) is 4.33. The number of carboxylic acid groups (broad SMARTS) is 1. The van der Waals surface area contributed by atoms with Gasteiger partial charge in [-0.2, -0.15) is 0 Å². The Bertz CT molecular complexity index is 303. The fourth-order valence-electron chi connectivity index (χ4n) is 3.07. The molecule has 0 saturated carbocycles. The molecule has 0 spiro atoms. The first-order chi connectivity index (χ1) is 8.53. The summed E-state index contributed by atoms with van der Waals surface area (Å²) >= 11 is 0. The van der Waals surface area contributed by atoms with E-state index in [9.17, 15) is 9.90 Å². The number of rotatable bonds is 4. The van der Waals surface area contributed by atoms with E-state index in [4.69, 9.17) is 4.74 Å². The van der Waals surface area contributed by atoms with Crippen molar-refractivity contribution < 1.29 is 14.6 Å². The minimum Gasteiger partial charge on any atom is -0.481 e. The molecule has 2 rings (SSSR count). The fourth-order valence-corrected chi connectivity index (χ4v) is 3.07. The molecule has 0 bridgehead atoms. The molecule has 104 valence electrons. The predicted molar refractivity (Wildman–Crippen MR) is 68.7 cm³/mol. The molecule has 2 aliphatic rings. The lowest BCUT2D eigenvalue weighted by atomic mass is 9.86. The van der Waals surface area contributed by atoms with Crippen LogP contribution in [0.5, 0.6) is 0 Å². The van der Waals surface area contributed by atoms with E-state index in [1.54, 1.807) is 0 Å². The summed E-state index contributed by atoms with van der Waals surface area (Å²) in [6, 6.07) is 0.473. The van der Waals surface area contributed by atoms with Gasteiger partial charge in [-0.1, -0.05) is 0 Å². The van der Waals surface area contributed by atoms with Gasteiger partial charge in [-0.25, -0.2) is 0 Å². The zero-order chi connectivity index (χ0) is 13.2. The standard InChI is InChI=1S/C13H24N2O3/c1-14-6-3-4-11(8-14)15(2)9-13(12(16)17)5-7-18-10-13/h11H,3-10H2,1-2H3,(H,16,17). The highest BCUT2D eigenvalue weighted by atomic mass is 16.5. The maximum absolute atomic E-state index is 11.5. The van der Waals surface area contributed by atoms with E-state index >= 15 is 0 Å². The van der Waals surface area contributed by atoms with Crippen LogP contribution in [0.25, 0.3) is 0 Å². The first-order valence-corrected chi connectivity index (χ1v) is 6.73. The van der Waals surface area contributed by atoms with E-state index in [-0.39, 0.29) is 0 Å². The van der Waals surface area contributed by atoms with Crippen molar-refractivity contribution in [1.29, 1.82) is 0 Å². The van der Waals surface area contributed by atoms with E-state index in [1.165, 1.54) is 6.42 Å². The Morgan fingerprint density at radius 3 is 2.94 bits per heavy atom. The number of aliphatic carboxylic acids is 1. The quantitative estimate of drug-likeness (QED) is 0.794. The molecule has 2 heterocycles. The Balaban J connectivity index is 1.96. The van der Waals surface area contributed by atoms with Gasteiger partial charge in [-0.3, -0.25) is 4.79 Å². The first kappa shape index (κ1) is 13.8. The Morgan fingerprint density at radius 2 is 2.39 bits per heavy atom. The van der Waals surface area contributed by atoms with Gasteiger partial charge in [0.05, 0.1) is 6.61 Å². The Hall–Kier alpha value is -0.650. The summed E-state index contributed by atoms with van der Waals surface area (Å²) in [6.45, 7) is 3.71. The number of carboxylic acids is 1. The van der Waals surface area contributed by atoms with Gasteiger partial charge in [-0.05, 0) is 39.9 Å². The van der Waals surface area contributed by atoms with Crippen molar-refractivity contribution in [2.24, 2.45) is 5.41 Å². The Morgan fingerprint density at radius 1 is 1.61 bits per heavy atom. The minimum absolute atomic E-state index is 0.356. The molecule has 0 radical (unpaired) electrons. The van der Waals surface area contributed by atoms with Gasteiger partial charge in [0.15, 0.2) is 0 Å². The van der Waals surface area contributed by atoms with Crippen molar-refractivity contribution in [3.63, 3.8) is 0 Å². The van der Waals surface area contributed by atoms with Crippen LogP contribution in [0.3, 0.4) is 0 Å². The van der Waals surface area contributed by atoms with E-state index in [2.05, 4.69) is 16.8 Å². The molecule has 0 aromatic carbocycles. The van der Waals surface area contributed by atoms with Crippen molar-refractivity contribution in [1.82, 2.24) is 9.80 Å². The second-order valence-corrected chi connectivity index (χ2v) is 5.86. The number of likely N-dealkylation sites (tertiary alicyclic amines) is 1. The maximum atomic E-state index is 11.5. The van der Waals surface area contributed by atoms with Crippen molar-refractivity contribution in [3.8, 4) is 0 Å². The zero-order valence-electron chi connectivity index (χ0n) is 11.4. The van der Waals surface area contributed by atoms with Crippen LogP contribution in [0.1, 0.15) is 19.3 Å². The van der Waals surface area contributed by atoms with Gasteiger partial charge in [-0.15, -0.1) is 0 Å². The second-order valence-electron chi connectivity index (χ2n) is 5.86. The van der Waals surface area contributed by atoms with Gasteiger partial charge in [0.2, 0.25) is 0 Å². The predicted octanol–water partition coefficient (Wildman–Crippen LogP) is 0.504. The number of hydrogen-bond acceptors (Lipinski definition) is 4. The smallest absolute Gasteiger partial charge is 0.313 e. The average molecular weight is 256 g/mol. The lowest BCUT2D eigenvalue weighted by Gasteiger charge is -2.38. The van der Waals surface area contributed by atoms with Crippen LogP contribution >= 0.6 is 0 Å². The maximum Gasteiger partial charge on any atom is 0.313 e. The van der Waals surface area contributed by atoms with Crippen LogP contribution in [-0.2, 0) is 9.53 Å². The monoisotopic (exact) mass is 256 g/mol. The number of carbonyl (C=O) groups is 1. The number of piperidine rings is 1. The highest BCUT2D eigenvalue weighted by Crippen LogP contribution is 2.31. The van der Waals surface area contributed by atoms with Crippen molar-refractivity contribution >= 4 is 5.97 Å². The number of ether oxygens (including phenoxy) is 1. The minimum atomic E-state index is -0.712. The van der Waals surface area contributed by atoms with Crippen molar-refractivity contribution in [3.05, 3.63) is 0 Å². The Kier molecular flexibility index (Phi) is 4.25. The molecule has 2 fully saturated rings. The topological polar surface area (TPSA) is 53.0 Å². The third kappa shape index (κ3) is 2.84. The average Bonchev–Trinajstić information content (AvgIpc) is 2.79. The van der Waals surface area contributed by atoms with Crippen LogP contribution < -0.4 is 0 Å². The number of nitrogens with zero attached hydrogens (tertiary/aromatic N) is 2. The van der Waals surface area contributed by atoms with E-state index in [1.807, 2.05) is 7.05 Å². The third-order valence-corrected chi connectivity index (χ3v) is 4.33. The number of hydrogen-bond donors (Lipinski definition) is 1. The second kappa shape index (κ2) is 5.55. The first-order valence-electron chi connectivity index (χ1n) is 6.73.